The van der Waals surface area contributed by atoms with Gasteiger partial charge in [0.15, 0.2) is 0 Å². The summed E-state index contributed by atoms with van der Waals surface area (Å²) in [5.41, 5.74) is 0. The van der Waals surface area contributed by atoms with Gasteiger partial charge in [0.05, 0.1) is 0 Å². The lowest BCUT2D eigenvalue weighted by molar-refractivity contribution is -0.0499. The Morgan fingerprint density at radius 3 is 2.18 bits per heavy atom. The SMILES string of the molecule is CCCCC(OC#N)OC#N. The molecular weight excluding hydrogens is 144 g/mol. The van der Waals surface area contributed by atoms with Crippen molar-refractivity contribution in [3.05, 3.63) is 0 Å². The van der Waals surface area contributed by atoms with Crippen LogP contribution in [0.25, 0.3) is 0 Å². The zero-order valence-corrected chi connectivity index (χ0v) is 6.41. The van der Waals surface area contributed by atoms with Crippen molar-refractivity contribution in [2.24, 2.45) is 0 Å². The molecule has 60 valence electrons. The average Bonchev–Trinajstić information content (AvgIpc) is 2.01. The van der Waals surface area contributed by atoms with Crippen molar-refractivity contribution in [1.29, 1.82) is 10.5 Å². The highest BCUT2D eigenvalue weighted by molar-refractivity contribution is 4.59. The van der Waals surface area contributed by atoms with Crippen LogP contribution in [0.15, 0.2) is 0 Å². The second-order valence-corrected chi connectivity index (χ2v) is 1.99. The summed E-state index contributed by atoms with van der Waals surface area (Å²) < 4.78 is 8.89. The topological polar surface area (TPSA) is 66.0 Å². The van der Waals surface area contributed by atoms with Crippen LogP contribution in [0.3, 0.4) is 0 Å². The summed E-state index contributed by atoms with van der Waals surface area (Å²) in [7, 11) is 0. The largest absolute Gasteiger partial charge is 0.384 e. The molecule has 4 nitrogen and oxygen atoms in total. The first-order chi connectivity index (χ1) is 5.35. The van der Waals surface area contributed by atoms with Crippen LogP contribution in [0.2, 0.25) is 0 Å². The smallest absolute Gasteiger partial charge is 0.289 e. The monoisotopic (exact) mass is 154 g/mol. The second-order valence-electron chi connectivity index (χ2n) is 1.99. The minimum atomic E-state index is -0.690. The highest BCUT2D eigenvalue weighted by Crippen LogP contribution is 2.04. The normalized spacial score (nSPS) is 8.36. The summed E-state index contributed by atoms with van der Waals surface area (Å²) in [6.45, 7) is 2.01. The molecule has 0 saturated heterocycles. The lowest BCUT2D eigenvalue weighted by Crippen LogP contribution is -2.11. The molecule has 0 spiro atoms. The molecule has 0 radical (unpaired) electrons. The third-order valence-corrected chi connectivity index (χ3v) is 1.16. The molecule has 0 unspecified atom stereocenters. The molecule has 0 aliphatic carbocycles. The first-order valence-electron chi connectivity index (χ1n) is 3.44. The van der Waals surface area contributed by atoms with Crippen molar-refractivity contribution in [2.45, 2.75) is 32.5 Å². The van der Waals surface area contributed by atoms with E-state index in [2.05, 4.69) is 9.47 Å². The molecule has 0 fully saturated rings. The molecule has 0 aromatic heterocycles. The molecule has 0 aliphatic rings. The van der Waals surface area contributed by atoms with Crippen LogP contribution in [-0.2, 0) is 9.47 Å². The Morgan fingerprint density at radius 2 is 1.82 bits per heavy atom. The van der Waals surface area contributed by atoms with Gasteiger partial charge in [-0.25, -0.2) is 0 Å². The molecule has 0 N–H and O–H groups in total. The Morgan fingerprint density at radius 1 is 1.27 bits per heavy atom. The molecule has 0 bridgehead atoms. The van der Waals surface area contributed by atoms with E-state index in [1.54, 1.807) is 0 Å². The Hall–Kier alpha value is -1.42. The van der Waals surface area contributed by atoms with Gasteiger partial charge in [0.2, 0.25) is 0 Å². The van der Waals surface area contributed by atoms with Crippen molar-refractivity contribution >= 4 is 0 Å². The van der Waals surface area contributed by atoms with Crippen LogP contribution in [-0.4, -0.2) is 6.29 Å². The highest BCUT2D eigenvalue weighted by Gasteiger charge is 2.08. The van der Waals surface area contributed by atoms with Crippen LogP contribution >= 0.6 is 0 Å². The molecular formula is C7H10N2O2. The van der Waals surface area contributed by atoms with Gasteiger partial charge in [-0.1, -0.05) is 13.3 Å². The summed E-state index contributed by atoms with van der Waals surface area (Å²) >= 11 is 0. The van der Waals surface area contributed by atoms with Gasteiger partial charge in [-0.2, -0.15) is 10.5 Å². The molecule has 0 saturated carbocycles. The Bertz CT molecular complexity index is 152. The molecule has 0 rings (SSSR count). The number of hydrogen-bond donors (Lipinski definition) is 0. The Kier molecular flexibility index (Phi) is 5.83. The van der Waals surface area contributed by atoms with E-state index in [9.17, 15) is 0 Å². The number of rotatable bonds is 5. The van der Waals surface area contributed by atoms with E-state index in [1.807, 2.05) is 6.92 Å². The molecule has 4 heteroatoms. The van der Waals surface area contributed by atoms with Crippen molar-refractivity contribution < 1.29 is 9.47 Å². The van der Waals surface area contributed by atoms with E-state index in [1.165, 1.54) is 12.5 Å². The van der Waals surface area contributed by atoms with E-state index < -0.39 is 6.29 Å². The minimum Gasteiger partial charge on any atom is -0.384 e. The van der Waals surface area contributed by atoms with E-state index in [4.69, 9.17) is 10.5 Å². The van der Waals surface area contributed by atoms with Gasteiger partial charge in [-0.05, 0) is 6.42 Å². The highest BCUT2D eigenvalue weighted by atomic mass is 16.7. The van der Waals surface area contributed by atoms with Gasteiger partial charge in [-0.3, -0.25) is 0 Å². The fraction of sp³-hybridized carbons (Fsp3) is 0.714. The second kappa shape index (κ2) is 6.70. The maximum atomic E-state index is 8.10. The lowest BCUT2D eigenvalue weighted by Gasteiger charge is -2.08. The Balaban J connectivity index is 3.54. The maximum Gasteiger partial charge on any atom is 0.289 e. The Labute approximate surface area is 65.9 Å². The molecule has 0 atom stereocenters. The van der Waals surface area contributed by atoms with E-state index in [0.717, 1.165) is 12.8 Å². The van der Waals surface area contributed by atoms with Crippen molar-refractivity contribution in [1.82, 2.24) is 0 Å². The standard InChI is InChI=1S/C7H10N2O2/c1-2-3-4-7(10-5-8)11-6-9/h7H,2-4H2,1H3. The first kappa shape index (κ1) is 9.58. The fourth-order valence-corrected chi connectivity index (χ4v) is 0.630. The quantitative estimate of drug-likeness (QED) is 0.444. The van der Waals surface area contributed by atoms with Gasteiger partial charge in [0, 0.05) is 6.42 Å². The van der Waals surface area contributed by atoms with Crippen LogP contribution in [0.4, 0.5) is 0 Å². The lowest BCUT2D eigenvalue weighted by atomic mass is 10.2. The predicted molar refractivity (Wildman–Crippen MR) is 36.7 cm³/mol. The summed E-state index contributed by atoms with van der Waals surface area (Å²) in [5, 5.41) is 16.2. The average molecular weight is 154 g/mol. The van der Waals surface area contributed by atoms with Gasteiger partial charge in [-0.15, -0.1) is 0 Å². The zero-order valence-electron chi connectivity index (χ0n) is 6.41. The van der Waals surface area contributed by atoms with Crippen LogP contribution in [0.5, 0.6) is 0 Å². The van der Waals surface area contributed by atoms with Gasteiger partial charge >= 0.3 is 0 Å². The maximum absolute atomic E-state index is 8.10. The van der Waals surface area contributed by atoms with Crippen molar-refractivity contribution in [2.75, 3.05) is 0 Å². The third-order valence-electron chi connectivity index (χ3n) is 1.16. The fourth-order valence-electron chi connectivity index (χ4n) is 0.630. The van der Waals surface area contributed by atoms with Gasteiger partial charge < -0.3 is 9.47 Å². The van der Waals surface area contributed by atoms with Crippen molar-refractivity contribution in [3.63, 3.8) is 0 Å². The summed E-state index contributed by atoms with van der Waals surface area (Å²) in [5.74, 6) is 0. The first-order valence-corrected chi connectivity index (χ1v) is 3.44. The van der Waals surface area contributed by atoms with E-state index >= 15 is 0 Å². The van der Waals surface area contributed by atoms with Gasteiger partial charge in [0.1, 0.15) is 0 Å². The van der Waals surface area contributed by atoms with Gasteiger partial charge in [0.25, 0.3) is 18.8 Å². The number of nitrogens with zero attached hydrogens (tertiary/aromatic N) is 2. The predicted octanol–water partition coefficient (Wildman–Crippen LogP) is 1.50. The number of hydrogen-bond acceptors (Lipinski definition) is 4. The molecule has 11 heavy (non-hydrogen) atoms. The summed E-state index contributed by atoms with van der Waals surface area (Å²) in [6.07, 6.45) is 4.73. The summed E-state index contributed by atoms with van der Waals surface area (Å²) in [4.78, 5) is 0. The number of unbranched alkanes of at least 4 members (excludes halogenated alkanes) is 1. The van der Waals surface area contributed by atoms with E-state index in [-0.39, 0.29) is 0 Å². The van der Waals surface area contributed by atoms with Crippen LogP contribution < -0.4 is 0 Å². The third kappa shape index (κ3) is 5.05. The molecule has 0 amide bonds. The molecule has 0 aliphatic heterocycles. The van der Waals surface area contributed by atoms with E-state index in [0.29, 0.717) is 6.42 Å². The molecule has 0 heterocycles. The van der Waals surface area contributed by atoms with Crippen LogP contribution in [0.1, 0.15) is 26.2 Å². The number of nitriles is 2. The minimum absolute atomic E-state index is 0.581. The zero-order chi connectivity index (χ0) is 8.53. The van der Waals surface area contributed by atoms with Crippen LogP contribution in [0, 0.1) is 23.0 Å². The summed E-state index contributed by atoms with van der Waals surface area (Å²) in [6, 6.07) is 0. The molecule has 0 aromatic carbocycles. The number of ether oxygens (including phenoxy) is 2. The van der Waals surface area contributed by atoms with Crippen molar-refractivity contribution in [3.8, 4) is 12.5 Å². The molecule has 0 aromatic rings.